The van der Waals surface area contributed by atoms with Crippen molar-refractivity contribution >= 4 is 24.9 Å². The van der Waals surface area contributed by atoms with Crippen molar-refractivity contribution in [1.29, 1.82) is 0 Å². The molecule has 3 saturated carbocycles. The van der Waals surface area contributed by atoms with Crippen LogP contribution in [0.1, 0.15) is 138 Å². The average Bonchev–Trinajstić information content (AvgIpc) is 3.34. The molecule has 10 heteroatoms. The summed E-state index contributed by atoms with van der Waals surface area (Å²) >= 11 is 0. The van der Waals surface area contributed by atoms with Crippen molar-refractivity contribution in [2.75, 3.05) is 13.6 Å². The van der Waals surface area contributed by atoms with E-state index in [1.807, 2.05) is 0 Å². The highest BCUT2D eigenvalue weighted by atomic mass is 16.7. The molecule has 0 unspecified atom stereocenters. The van der Waals surface area contributed by atoms with Crippen molar-refractivity contribution in [3.63, 3.8) is 0 Å². The van der Waals surface area contributed by atoms with Crippen molar-refractivity contribution in [2.24, 2.45) is 33.9 Å². The molecule has 0 aromatic carbocycles. The molecular formula is C34H64BN5O4. The molecule has 2 bridgehead atoms. The standard InChI is InChI=1S/C34H64BN5O4/c1-8-9-10-11-12-13-14-15-16-19-30(41)39-26(18-17-20-38-32(36)37-7)31(42)40-29(21-24(2)3)35-43-28-23-25-22-27(33(25,4)5)34(28,6)44-35/h24-29H,8-23H2,1-7H3,(H,39,41)(H,40,42)(H3,36,37,38)/t25-,26-,27-,28+,29-,34-/m0/s1. The third kappa shape index (κ3) is 9.85. The van der Waals surface area contributed by atoms with Crippen LogP contribution in [0.3, 0.4) is 0 Å². The smallest absolute Gasteiger partial charge is 0.404 e. The maximum Gasteiger partial charge on any atom is 0.481 e. The Hall–Kier alpha value is -1.81. The van der Waals surface area contributed by atoms with E-state index in [2.05, 4.69) is 62.5 Å². The van der Waals surface area contributed by atoms with Crippen LogP contribution in [0.25, 0.3) is 0 Å². The summed E-state index contributed by atoms with van der Waals surface area (Å²) in [5.74, 6) is 1.30. The summed E-state index contributed by atoms with van der Waals surface area (Å²) < 4.78 is 13.3. The van der Waals surface area contributed by atoms with E-state index in [4.69, 9.17) is 15.0 Å². The molecule has 3 aliphatic carbocycles. The van der Waals surface area contributed by atoms with Crippen LogP contribution in [0.2, 0.25) is 0 Å². The van der Waals surface area contributed by atoms with E-state index in [1.54, 1.807) is 7.05 Å². The van der Waals surface area contributed by atoms with Crippen LogP contribution in [0, 0.1) is 23.2 Å². The molecule has 4 rings (SSSR count). The van der Waals surface area contributed by atoms with Gasteiger partial charge in [-0.05, 0) is 68.6 Å². The first-order chi connectivity index (χ1) is 20.9. The predicted octanol–water partition coefficient (Wildman–Crippen LogP) is 5.50. The van der Waals surface area contributed by atoms with E-state index in [9.17, 15) is 9.59 Å². The number of hydrogen-bond acceptors (Lipinski definition) is 5. The van der Waals surface area contributed by atoms with Crippen molar-refractivity contribution < 1.29 is 18.9 Å². The molecule has 44 heavy (non-hydrogen) atoms. The van der Waals surface area contributed by atoms with Gasteiger partial charge >= 0.3 is 7.12 Å². The maximum atomic E-state index is 13.8. The Morgan fingerprint density at radius 2 is 1.64 bits per heavy atom. The first kappa shape index (κ1) is 36.7. The lowest BCUT2D eigenvalue weighted by molar-refractivity contribution is -0.199. The second-order valence-electron chi connectivity index (χ2n) is 15.0. The summed E-state index contributed by atoms with van der Waals surface area (Å²) in [6, 6.07) is -0.636. The fourth-order valence-corrected chi connectivity index (χ4v) is 7.83. The number of hydrogen-bond donors (Lipinski definition) is 4. The van der Waals surface area contributed by atoms with Gasteiger partial charge in [-0.3, -0.25) is 14.6 Å². The van der Waals surface area contributed by atoms with Gasteiger partial charge in [-0.25, -0.2) is 0 Å². The highest BCUT2D eigenvalue weighted by Crippen LogP contribution is 2.65. The summed E-state index contributed by atoms with van der Waals surface area (Å²) in [5, 5.41) is 9.37. The van der Waals surface area contributed by atoms with Gasteiger partial charge in [0.1, 0.15) is 6.04 Å². The van der Waals surface area contributed by atoms with Gasteiger partial charge in [0.2, 0.25) is 11.8 Å². The van der Waals surface area contributed by atoms with Crippen LogP contribution in [0.4, 0.5) is 0 Å². The summed E-state index contributed by atoms with van der Waals surface area (Å²) in [7, 11) is 1.14. The van der Waals surface area contributed by atoms with E-state index in [0.29, 0.717) is 49.5 Å². The van der Waals surface area contributed by atoms with E-state index in [0.717, 1.165) is 32.1 Å². The van der Waals surface area contributed by atoms with E-state index in [1.165, 1.54) is 44.9 Å². The molecule has 2 amide bonds. The summed E-state index contributed by atoms with van der Waals surface area (Å²) in [4.78, 5) is 30.7. The number of unbranched alkanes of at least 4 members (excludes halogenated alkanes) is 8. The molecule has 6 atom stereocenters. The number of nitrogens with one attached hydrogen (secondary N) is 3. The molecule has 1 heterocycles. The number of carbonyl (C=O) groups excluding carboxylic acids is 2. The Kier molecular flexibility index (Phi) is 14.3. The zero-order chi connectivity index (χ0) is 32.3. The maximum absolute atomic E-state index is 13.8. The topological polar surface area (TPSA) is 127 Å². The molecule has 0 aromatic heterocycles. The van der Waals surface area contributed by atoms with Gasteiger partial charge in [0, 0.05) is 20.0 Å². The van der Waals surface area contributed by atoms with Gasteiger partial charge in [-0.15, -0.1) is 0 Å². The molecule has 9 nitrogen and oxygen atoms in total. The minimum absolute atomic E-state index is 0.0550. The zero-order valence-electron chi connectivity index (χ0n) is 29.0. The molecule has 0 spiro atoms. The van der Waals surface area contributed by atoms with Crippen molar-refractivity contribution in [2.45, 2.75) is 162 Å². The number of nitrogens with zero attached hydrogens (tertiary/aromatic N) is 1. The number of rotatable bonds is 20. The highest BCUT2D eigenvalue weighted by molar-refractivity contribution is 6.48. The summed E-state index contributed by atoms with van der Waals surface area (Å²) in [5.41, 5.74) is 5.70. The Morgan fingerprint density at radius 3 is 2.25 bits per heavy atom. The van der Waals surface area contributed by atoms with Crippen LogP contribution in [0.5, 0.6) is 0 Å². The fourth-order valence-electron chi connectivity index (χ4n) is 7.83. The van der Waals surface area contributed by atoms with Gasteiger partial charge in [0.15, 0.2) is 5.96 Å². The second-order valence-corrected chi connectivity index (χ2v) is 15.0. The lowest BCUT2D eigenvalue weighted by Crippen LogP contribution is -2.65. The molecule has 4 aliphatic rings. The molecule has 4 fully saturated rings. The number of amides is 2. The summed E-state index contributed by atoms with van der Waals surface area (Å²) in [6.45, 7) is 14.0. The lowest BCUT2D eigenvalue weighted by Gasteiger charge is -2.64. The molecule has 252 valence electrons. The highest BCUT2D eigenvalue weighted by Gasteiger charge is 2.68. The van der Waals surface area contributed by atoms with E-state index < -0.39 is 13.2 Å². The van der Waals surface area contributed by atoms with E-state index in [-0.39, 0.29) is 34.9 Å². The Morgan fingerprint density at radius 1 is 0.977 bits per heavy atom. The minimum Gasteiger partial charge on any atom is -0.404 e. The minimum atomic E-state index is -0.636. The number of guanidine groups is 1. The largest absolute Gasteiger partial charge is 0.481 e. The van der Waals surface area contributed by atoms with Crippen LogP contribution in [-0.4, -0.2) is 62.2 Å². The normalized spacial score (nSPS) is 27.0. The number of aliphatic imine (C=N–C) groups is 1. The van der Waals surface area contributed by atoms with E-state index >= 15 is 0 Å². The number of carbonyl (C=O) groups is 2. The van der Waals surface area contributed by atoms with Crippen LogP contribution in [0.15, 0.2) is 4.99 Å². The quantitative estimate of drug-likeness (QED) is 0.0618. The van der Waals surface area contributed by atoms with Crippen LogP contribution >= 0.6 is 0 Å². The van der Waals surface area contributed by atoms with Crippen molar-refractivity contribution in [3.8, 4) is 0 Å². The monoisotopic (exact) mass is 618 g/mol. The molecule has 5 N–H and O–H groups in total. The van der Waals surface area contributed by atoms with Gasteiger partial charge in [-0.1, -0.05) is 86.0 Å². The van der Waals surface area contributed by atoms with Gasteiger partial charge < -0.3 is 31.0 Å². The number of nitrogens with two attached hydrogens (primary N) is 1. The molecule has 1 saturated heterocycles. The summed E-state index contributed by atoms with van der Waals surface area (Å²) in [6.07, 6.45) is 15.4. The Bertz CT molecular complexity index is 947. The van der Waals surface area contributed by atoms with Gasteiger partial charge in [0.05, 0.1) is 17.6 Å². The molecular weight excluding hydrogens is 553 g/mol. The fraction of sp³-hybridized carbons (Fsp3) is 0.912. The average molecular weight is 618 g/mol. The first-order valence-corrected chi connectivity index (χ1v) is 17.8. The predicted molar refractivity (Wildman–Crippen MR) is 180 cm³/mol. The third-order valence-corrected chi connectivity index (χ3v) is 10.7. The van der Waals surface area contributed by atoms with Crippen molar-refractivity contribution in [3.05, 3.63) is 0 Å². The molecule has 0 radical (unpaired) electrons. The zero-order valence-corrected chi connectivity index (χ0v) is 29.0. The molecule has 0 aromatic rings. The van der Waals surface area contributed by atoms with Gasteiger partial charge in [-0.2, -0.15) is 0 Å². The van der Waals surface area contributed by atoms with Crippen LogP contribution < -0.4 is 21.7 Å². The lowest BCUT2D eigenvalue weighted by atomic mass is 9.43. The van der Waals surface area contributed by atoms with Crippen molar-refractivity contribution in [1.82, 2.24) is 16.0 Å². The Balaban J connectivity index is 1.56. The first-order valence-electron chi connectivity index (χ1n) is 17.8. The molecule has 1 aliphatic heterocycles. The second kappa shape index (κ2) is 17.2. The van der Waals surface area contributed by atoms with Gasteiger partial charge in [0.25, 0.3) is 0 Å². The SMILES string of the molecule is CCCCCCCCCCCC(=O)N[C@@H](CCCNC(N)=NC)C(=O)N[C@@H](CC(C)C)B1O[C@@H]2C[C@@H]3C[C@@H](C3(C)C)[C@]2(C)O1. The van der Waals surface area contributed by atoms with Crippen LogP contribution in [-0.2, 0) is 18.9 Å². The Labute approximate surface area is 268 Å². The third-order valence-electron chi connectivity index (χ3n) is 10.7.